The molecule has 1 aliphatic rings. The lowest BCUT2D eigenvalue weighted by Gasteiger charge is -2.22. The van der Waals surface area contributed by atoms with Crippen LogP contribution in [-0.4, -0.2) is 17.8 Å². The van der Waals surface area contributed by atoms with Gasteiger partial charge in [-0.2, -0.15) is 0 Å². The topological polar surface area (TPSA) is 59.7 Å². The molecular weight excluding hydrogens is 376 g/mol. The maximum atomic E-state index is 10.5. The zero-order valence-electron chi connectivity index (χ0n) is 19.4. The number of hydrogen-bond acceptors (Lipinski definition) is 4. The van der Waals surface area contributed by atoms with Crippen LogP contribution in [0.1, 0.15) is 122 Å². The maximum Gasteiger partial charge on any atom is 0.185 e. The Balaban J connectivity index is 0.000000414. The monoisotopic (exact) mass is 422 g/mol. The smallest absolute Gasteiger partial charge is 0.185 e. The summed E-state index contributed by atoms with van der Waals surface area (Å²) in [5, 5.41) is 8.43. The largest absolute Gasteiger partial charge is 0.467 e. The molecule has 2 rings (SSSR count). The molecule has 0 radical (unpaired) electrons. The minimum Gasteiger partial charge on any atom is -0.467 e. The van der Waals surface area contributed by atoms with Crippen LogP contribution in [0.25, 0.3) is 0 Å². The van der Waals surface area contributed by atoms with Crippen molar-refractivity contribution in [3.63, 3.8) is 0 Å². The Labute approximate surface area is 184 Å². The van der Waals surface area contributed by atoms with Crippen LogP contribution >= 0.6 is 0 Å². The van der Waals surface area contributed by atoms with E-state index in [1.165, 1.54) is 128 Å². The molecule has 1 aromatic heterocycles. The average Bonchev–Trinajstić information content (AvgIpc) is 2.78. The third kappa shape index (κ3) is 15.7. The Morgan fingerprint density at radius 1 is 0.900 bits per heavy atom. The van der Waals surface area contributed by atoms with Gasteiger partial charge >= 0.3 is 0 Å². The van der Waals surface area contributed by atoms with Crippen molar-refractivity contribution in [1.82, 2.24) is 0 Å². The fraction of sp³-hybridized carbons (Fsp3) is 0.808. The van der Waals surface area contributed by atoms with E-state index in [0.717, 1.165) is 6.61 Å². The molecule has 2 heterocycles. The molecule has 30 heavy (non-hydrogen) atoms. The van der Waals surface area contributed by atoms with Gasteiger partial charge in [-0.3, -0.25) is 4.79 Å². The molecule has 4 nitrogen and oxygen atoms in total. The molecule has 0 spiro atoms. The summed E-state index contributed by atoms with van der Waals surface area (Å²) in [5.41, 5.74) is -0.148. The first-order valence-electron chi connectivity index (χ1n) is 12.6. The second-order valence-electron chi connectivity index (χ2n) is 8.61. The van der Waals surface area contributed by atoms with E-state index in [2.05, 4.69) is 6.92 Å². The highest BCUT2D eigenvalue weighted by Gasteiger charge is 2.12. The molecular formula is C26H46O4. The summed E-state index contributed by atoms with van der Waals surface area (Å²) in [4.78, 5) is 10.5. The number of unbranched alkanes of at least 4 members (excludes halogenated alkanes) is 12. The first-order chi connectivity index (χ1) is 14.8. The highest BCUT2D eigenvalue weighted by Crippen LogP contribution is 2.19. The highest BCUT2D eigenvalue weighted by atomic mass is 16.5. The van der Waals surface area contributed by atoms with E-state index in [0.29, 0.717) is 11.9 Å². The van der Waals surface area contributed by atoms with Crippen LogP contribution in [-0.2, 0) is 11.3 Å². The first kappa shape index (κ1) is 26.9. The minimum atomic E-state index is -0.226. The number of hydrogen-bond donors (Lipinski definition) is 1. The van der Waals surface area contributed by atoms with Gasteiger partial charge in [0, 0.05) is 18.7 Å². The van der Waals surface area contributed by atoms with Gasteiger partial charge in [-0.1, -0.05) is 90.4 Å². The van der Waals surface area contributed by atoms with E-state index in [-0.39, 0.29) is 12.0 Å². The van der Waals surface area contributed by atoms with E-state index in [9.17, 15) is 4.79 Å². The molecule has 1 saturated heterocycles. The Bertz CT molecular complexity index is 534. The van der Waals surface area contributed by atoms with Gasteiger partial charge in [0.05, 0.1) is 12.4 Å². The van der Waals surface area contributed by atoms with E-state index < -0.39 is 0 Å². The molecule has 1 N–H and O–H groups in total. The van der Waals surface area contributed by atoms with Crippen molar-refractivity contribution in [2.24, 2.45) is 0 Å². The highest BCUT2D eigenvalue weighted by molar-refractivity contribution is 4.97. The maximum absolute atomic E-state index is 10.5. The summed E-state index contributed by atoms with van der Waals surface area (Å²) >= 11 is 0. The van der Waals surface area contributed by atoms with Crippen LogP contribution in [0.4, 0.5) is 0 Å². The van der Waals surface area contributed by atoms with E-state index in [1.54, 1.807) is 0 Å². The molecule has 1 atom stereocenters. The SMILES string of the molecule is CCCCCCCCCCCCCCCC1CCCCO1.O=c1ccoc(CO)c1. The Hall–Kier alpha value is -1.13. The van der Waals surface area contributed by atoms with Crippen LogP contribution < -0.4 is 5.43 Å². The lowest BCUT2D eigenvalue weighted by molar-refractivity contribution is 0.00977. The van der Waals surface area contributed by atoms with Gasteiger partial charge in [0.25, 0.3) is 0 Å². The van der Waals surface area contributed by atoms with Crippen LogP contribution in [0, 0.1) is 0 Å². The van der Waals surface area contributed by atoms with Gasteiger partial charge in [-0.25, -0.2) is 0 Å². The van der Waals surface area contributed by atoms with Crippen LogP contribution in [0.2, 0.25) is 0 Å². The predicted molar refractivity (Wildman–Crippen MR) is 125 cm³/mol. The quantitative estimate of drug-likeness (QED) is 0.304. The zero-order valence-corrected chi connectivity index (χ0v) is 19.4. The first-order valence-corrected chi connectivity index (χ1v) is 12.6. The summed E-state index contributed by atoms with van der Waals surface area (Å²) in [6, 6.07) is 2.54. The number of ether oxygens (including phenoxy) is 1. The van der Waals surface area contributed by atoms with Crippen molar-refractivity contribution < 1.29 is 14.3 Å². The standard InChI is InChI=1S/C20H40O.C6H6O3/c1-2-3-4-5-6-7-8-9-10-11-12-13-14-17-20-18-15-16-19-21-20;7-4-6-3-5(8)1-2-9-6/h20H,2-19H2,1H3;1-3,7H,4H2. The summed E-state index contributed by atoms with van der Waals surface area (Å²) < 4.78 is 10.5. The lowest BCUT2D eigenvalue weighted by Crippen LogP contribution is -2.18. The van der Waals surface area contributed by atoms with Gasteiger partial charge in [-0.15, -0.1) is 0 Å². The third-order valence-corrected chi connectivity index (χ3v) is 5.81. The second kappa shape index (κ2) is 19.8. The molecule has 0 amide bonds. The zero-order chi connectivity index (χ0) is 21.7. The molecule has 0 bridgehead atoms. The van der Waals surface area contributed by atoms with E-state index >= 15 is 0 Å². The molecule has 0 saturated carbocycles. The Kier molecular flexibility index (Phi) is 17.8. The number of aliphatic hydroxyl groups is 1. The van der Waals surface area contributed by atoms with Crippen molar-refractivity contribution in [3.8, 4) is 0 Å². The molecule has 0 aromatic carbocycles. The summed E-state index contributed by atoms with van der Waals surface area (Å²) in [7, 11) is 0. The lowest BCUT2D eigenvalue weighted by atomic mass is 10.0. The van der Waals surface area contributed by atoms with Crippen molar-refractivity contribution in [2.45, 2.75) is 129 Å². The fourth-order valence-electron chi connectivity index (χ4n) is 3.94. The molecule has 4 heteroatoms. The summed E-state index contributed by atoms with van der Waals surface area (Å²) in [6.07, 6.45) is 26.0. The molecule has 0 aliphatic carbocycles. The van der Waals surface area contributed by atoms with Crippen LogP contribution in [0.5, 0.6) is 0 Å². The predicted octanol–water partition coefficient (Wildman–Crippen LogP) is 7.17. The van der Waals surface area contributed by atoms with Crippen molar-refractivity contribution >= 4 is 0 Å². The van der Waals surface area contributed by atoms with Crippen LogP contribution in [0.3, 0.4) is 0 Å². The minimum absolute atomic E-state index is 0.148. The number of rotatable bonds is 15. The van der Waals surface area contributed by atoms with E-state index in [1.807, 2.05) is 0 Å². The second-order valence-corrected chi connectivity index (χ2v) is 8.61. The Morgan fingerprint density at radius 2 is 1.50 bits per heavy atom. The molecule has 1 unspecified atom stereocenters. The number of aliphatic hydroxyl groups excluding tert-OH is 1. The van der Waals surface area contributed by atoms with Crippen molar-refractivity contribution in [2.75, 3.05) is 6.61 Å². The molecule has 1 aromatic rings. The van der Waals surface area contributed by atoms with E-state index in [4.69, 9.17) is 14.3 Å². The fourth-order valence-corrected chi connectivity index (χ4v) is 3.94. The Morgan fingerprint density at radius 3 is 1.97 bits per heavy atom. The molecule has 174 valence electrons. The van der Waals surface area contributed by atoms with Gasteiger partial charge in [0.15, 0.2) is 5.43 Å². The van der Waals surface area contributed by atoms with Gasteiger partial charge in [-0.05, 0) is 25.7 Å². The molecule has 1 fully saturated rings. The third-order valence-electron chi connectivity index (χ3n) is 5.81. The summed E-state index contributed by atoms with van der Waals surface area (Å²) in [5.74, 6) is 0.294. The van der Waals surface area contributed by atoms with Gasteiger partial charge in [0.2, 0.25) is 0 Å². The normalized spacial score (nSPS) is 16.1. The van der Waals surface area contributed by atoms with Crippen molar-refractivity contribution in [1.29, 1.82) is 0 Å². The summed E-state index contributed by atoms with van der Waals surface area (Å²) in [6.45, 7) is 3.08. The van der Waals surface area contributed by atoms with Gasteiger partial charge in [0.1, 0.15) is 12.4 Å². The van der Waals surface area contributed by atoms with Crippen molar-refractivity contribution in [3.05, 3.63) is 34.4 Å². The average molecular weight is 423 g/mol. The molecule has 1 aliphatic heterocycles. The van der Waals surface area contributed by atoms with Crippen LogP contribution in [0.15, 0.2) is 27.6 Å². The van der Waals surface area contributed by atoms with Gasteiger partial charge < -0.3 is 14.3 Å².